The van der Waals surface area contributed by atoms with E-state index >= 15 is 0 Å². The first-order valence-corrected chi connectivity index (χ1v) is 17.8. The Labute approximate surface area is 273 Å². The number of nitrogens with zero attached hydrogens (tertiary/aromatic N) is 4. The molecule has 0 unspecified atom stereocenters. The van der Waals surface area contributed by atoms with E-state index in [0.29, 0.717) is 23.2 Å². The van der Waals surface area contributed by atoms with Crippen molar-refractivity contribution in [3.8, 4) is 22.4 Å². The van der Waals surface area contributed by atoms with Gasteiger partial charge in [-0.05, 0) is 103 Å². The topological polar surface area (TPSA) is 138 Å². The number of allylic oxidation sites excluding steroid dienone is 1. The molecule has 0 amide bonds. The van der Waals surface area contributed by atoms with E-state index in [1.54, 1.807) is 18.5 Å². The summed E-state index contributed by atoms with van der Waals surface area (Å²) in [6, 6.07) is 10.7. The first kappa shape index (κ1) is 31.1. The van der Waals surface area contributed by atoms with Gasteiger partial charge < -0.3 is 10.6 Å². The number of pyridine rings is 3. The number of hydrogen-bond acceptors (Lipinski definition) is 8. The van der Waals surface area contributed by atoms with Crippen LogP contribution >= 0.6 is 0 Å². The number of halogens is 1. The Morgan fingerprint density at radius 2 is 1.77 bits per heavy atom. The second kappa shape index (κ2) is 12.9. The van der Waals surface area contributed by atoms with Gasteiger partial charge in [-0.25, -0.2) is 22.5 Å². The predicted molar refractivity (Wildman–Crippen MR) is 182 cm³/mol. The van der Waals surface area contributed by atoms with Crippen molar-refractivity contribution in [1.29, 1.82) is 0 Å². The van der Waals surface area contributed by atoms with E-state index in [1.165, 1.54) is 37.8 Å². The highest BCUT2D eigenvalue weighted by Crippen LogP contribution is 2.39. The molecule has 242 valence electrons. The number of H-pyrrole nitrogens is 1. The fourth-order valence-electron chi connectivity index (χ4n) is 6.61. The summed E-state index contributed by atoms with van der Waals surface area (Å²) < 4.78 is 40.3. The number of hydrogen-bond donors (Lipinski definition) is 4. The molecule has 1 aliphatic carbocycles. The fourth-order valence-corrected chi connectivity index (χ4v) is 7.04. The second-order valence-electron chi connectivity index (χ2n) is 12.6. The van der Waals surface area contributed by atoms with Crippen molar-refractivity contribution in [2.45, 2.75) is 52.1 Å². The summed E-state index contributed by atoms with van der Waals surface area (Å²) in [4.78, 5) is 14.0. The van der Waals surface area contributed by atoms with E-state index in [9.17, 15) is 12.8 Å². The molecular formula is C35H37FN8O2S. The molecule has 1 saturated carbocycles. The van der Waals surface area contributed by atoms with E-state index in [-0.39, 0.29) is 6.54 Å². The lowest BCUT2D eigenvalue weighted by molar-refractivity contribution is 0.489. The van der Waals surface area contributed by atoms with Crippen molar-refractivity contribution in [3.05, 3.63) is 95.0 Å². The first-order chi connectivity index (χ1) is 22.7. The van der Waals surface area contributed by atoms with Crippen molar-refractivity contribution in [2.75, 3.05) is 18.1 Å². The molecule has 0 spiro atoms. The summed E-state index contributed by atoms with van der Waals surface area (Å²) in [5.41, 5.74) is 10.7. The van der Waals surface area contributed by atoms with Crippen LogP contribution in [0.5, 0.6) is 0 Å². The SMILES string of the molecule is CC1=C(c2n[nH]c3ccc(-c4cncc(CNCC5CCCC5)c4)nc23)Nc2cncc(-c3cc(F)cc(CNS(C)(=O)=O)c3)c2C1. The summed E-state index contributed by atoms with van der Waals surface area (Å²) in [7, 11) is -3.42. The number of fused-ring (bicyclic) bond motifs is 2. The zero-order valence-electron chi connectivity index (χ0n) is 26.4. The minimum absolute atomic E-state index is 0.00768. The smallest absolute Gasteiger partial charge is 0.209 e. The minimum Gasteiger partial charge on any atom is -0.352 e. The van der Waals surface area contributed by atoms with Crippen LogP contribution in [0, 0.1) is 11.7 Å². The molecule has 47 heavy (non-hydrogen) atoms. The van der Waals surface area contributed by atoms with E-state index in [1.807, 2.05) is 31.5 Å². The number of benzene rings is 1. The van der Waals surface area contributed by atoms with E-state index < -0.39 is 15.8 Å². The number of sulfonamides is 1. The average molecular weight is 653 g/mol. The van der Waals surface area contributed by atoms with Crippen molar-refractivity contribution < 1.29 is 12.8 Å². The summed E-state index contributed by atoms with van der Waals surface area (Å²) in [6.45, 7) is 3.85. The third-order valence-corrected chi connectivity index (χ3v) is 9.63. The van der Waals surface area contributed by atoms with E-state index in [0.717, 1.165) is 81.2 Å². The van der Waals surface area contributed by atoms with Gasteiger partial charge in [0.2, 0.25) is 10.0 Å². The Morgan fingerprint density at radius 3 is 2.60 bits per heavy atom. The van der Waals surface area contributed by atoms with Crippen LogP contribution in [0.3, 0.4) is 0 Å². The molecule has 0 radical (unpaired) electrons. The van der Waals surface area contributed by atoms with Crippen molar-refractivity contribution >= 4 is 32.4 Å². The Morgan fingerprint density at radius 1 is 0.957 bits per heavy atom. The highest BCUT2D eigenvalue weighted by Gasteiger charge is 2.24. The summed E-state index contributed by atoms with van der Waals surface area (Å²) in [6.07, 6.45) is 14.2. The number of nitrogens with one attached hydrogen (secondary N) is 4. The molecule has 0 atom stereocenters. The fraction of sp³-hybridized carbons (Fsp3) is 0.314. The van der Waals surface area contributed by atoms with Gasteiger partial charge in [0.1, 0.15) is 17.0 Å². The molecule has 10 nitrogen and oxygen atoms in total. The third kappa shape index (κ3) is 6.95. The van der Waals surface area contributed by atoms with Gasteiger partial charge in [0.05, 0.1) is 35.0 Å². The quantitative estimate of drug-likeness (QED) is 0.145. The maximum atomic E-state index is 14.7. The second-order valence-corrected chi connectivity index (χ2v) is 14.5. The highest BCUT2D eigenvalue weighted by molar-refractivity contribution is 7.88. The number of aromatic nitrogens is 5. The third-order valence-electron chi connectivity index (χ3n) is 8.96. The van der Waals surface area contributed by atoms with Crippen LogP contribution < -0.4 is 15.4 Å². The summed E-state index contributed by atoms with van der Waals surface area (Å²) in [5, 5.41) is 14.9. The van der Waals surface area contributed by atoms with Crippen LogP contribution in [0.2, 0.25) is 0 Å². The van der Waals surface area contributed by atoms with Crippen molar-refractivity contribution in [1.82, 2.24) is 35.2 Å². The number of anilines is 1. The summed E-state index contributed by atoms with van der Waals surface area (Å²) >= 11 is 0. The molecule has 2 aliphatic rings. The zero-order chi connectivity index (χ0) is 32.5. The van der Waals surface area contributed by atoms with Crippen LogP contribution in [0.15, 0.2) is 66.8 Å². The Balaban J connectivity index is 1.15. The lowest BCUT2D eigenvalue weighted by Crippen LogP contribution is -2.21. The zero-order valence-corrected chi connectivity index (χ0v) is 27.2. The lowest BCUT2D eigenvalue weighted by atomic mass is 9.91. The van der Waals surface area contributed by atoms with Gasteiger partial charge >= 0.3 is 0 Å². The Bertz CT molecular complexity index is 2100. The standard InChI is InChI=1S/C35H37FN8O2S/c1-21-9-28-29(25-10-23(12-27(36)13-25)17-40-47(2,45)46)19-39-20-32(28)42-33(21)35-34-31(43-44-35)8-7-30(41-34)26-11-24(16-38-18-26)15-37-14-22-5-3-4-6-22/h7-8,10-13,16,18-20,22,37,40,42H,3-6,9,14-15,17H2,1-2H3,(H,43,44). The molecule has 12 heteroatoms. The molecule has 1 aliphatic heterocycles. The first-order valence-electron chi connectivity index (χ1n) is 15.9. The van der Waals surface area contributed by atoms with Gasteiger partial charge in [-0.1, -0.05) is 12.8 Å². The maximum Gasteiger partial charge on any atom is 0.209 e. The maximum absolute atomic E-state index is 14.7. The molecular weight excluding hydrogens is 616 g/mol. The largest absolute Gasteiger partial charge is 0.352 e. The van der Waals surface area contributed by atoms with Crippen molar-refractivity contribution in [3.63, 3.8) is 0 Å². The Kier molecular flexibility index (Phi) is 8.56. The molecule has 4 N–H and O–H groups in total. The van der Waals surface area contributed by atoms with E-state index in [4.69, 9.17) is 4.98 Å². The predicted octanol–water partition coefficient (Wildman–Crippen LogP) is 5.95. The van der Waals surface area contributed by atoms with Gasteiger partial charge in [-0.3, -0.25) is 15.1 Å². The summed E-state index contributed by atoms with van der Waals surface area (Å²) in [5.74, 6) is 0.328. The van der Waals surface area contributed by atoms with Gasteiger partial charge in [0, 0.05) is 42.8 Å². The molecule has 0 saturated heterocycles. The normalized spacial score (nSPS) is 15.3. The minimum atomic E-state index is -3.42. The van der Waals surface area contributed by atoms with Gasteiger partial charge in [-0.15, -0.1) is 0 Å². The molecule has 5 heterocycles. The molecule has 7 rings (SSSR count). The molecule has 5 aromatic rings. The average Bonchev–Trinajstić information content (AvgIpc) is 3.73. The van der Waals surface area contributed by atoms with Crippen LogP contribution in [-0.2, 0) is 29.5 Å². The number of aromatic amines is 1. The van der Waals surface area contributed by atoms with Gasteiger partial charge in [0.25, 0.3) is 0 Å². The number of rotatable bonds is 10. The van der Waals surface area contributed by atoms with Crippen LogP contribution in [0.1, 0.15) is 55.0 Å². The molecule has 1 aromatic carbocycles. The van der Waals surface area contributed by atoms with Gasteiger partial charge in [-0.2, -0.15) is 5.10 Å². The monoisotopic (exact) mass is 652 g/mol. The van der Waals surface area contributed by atoms with E-state index in [2.05, 4.69) is 41.6 Å². The molecule has 4 aromatic heterocycles. The van der Waals surface area contributed by atoms with Crippen LogP contribution in [0.4, 0.5) is 10.1 Å². The molecule has 0 bridgehead atoms. The molecule has 1 fully saturated rings. The van der Waals surface area contributed by atoms with Crippen molar-refractivity contribution in [2.24, 2.45) is 5.92 Å². The lowest BCUT2D eigenvalue weighted by Gasteiger charge is -2.24. The Hall–Kier alpha value is -4.52. The highest BCUT2D eigenvalue weighted by atomic mass is 32.2. The van der Waals surface area contributed by atoms with Gasteiger partial charge in [0.15, 0.2) is 0 Å². The van der Waals surface area contributed by atoms with Crippen LogP contribution in [-0.4, -0.2) is 46.4 Å². The van der Waals surface area contributed by atoms with Crippen LogP contribution in [0.25, 0.3) is 39.1 Å².